The molecule has 4 rings (SSSR count). The van der Waals surface area contributed by atoms with Gasteiger partial charge in [-0.15, -0.1) is 22.7 Å². The molecule has 0 aromatic carbocycles. The highest BCUT2D eigenvalue weighted by Crippen LogP contribution is 2.36. The van der Waals surface area contributed by atoms with Crippen LogP contribution in [-0.2, 0) is 9.59 Å². The van der Waals surface area contributed by atoms with E-state index in [0.29, 0.717) is 12.5 Å². The van der Waals surface area contributed by atoms with Crippen LogP contribution in [0.25, 0.3) is 0 Å². The number of likely N-dealkylation sites (tertiary alicyclic amines) is 1. The molecule has 0 radical (unpaired) electrons. The van der Waals surface area contributed by atoms with E-state index in [9.17, 15) is 9.59 Å². The molecular weight excluding hydrogens is 440 g/mol. The molecule has 1 N–H and O–H groups in total. The molecule has 2 atom stereocenters. The van der Waals surface area contributed by atoms with Crippen molar-refractivity contribution in [2.75, 3.05) is 19.6 Å². The van der Waals surface area contributed by atoms with Crippen molar-refractivity contribution in [3.63, 3.8) is 0 Å². The molecule has 4 heterocycles. The number of carbonyl (C=O) groups excluding carboxylic acids is 2. The van der Waals surface area contributed by atoms with Crippen LogP contribution < -0.4 is 5.32 Å². The Labute approximate surface area is 198 Å². The quantitative estimate of drug-likeness (QED) is 0.651. The van der Waals surface area contributed by atoms with Crippen molar-refractivity contribution >= 4 is 40.2 Å². The summed E-state index contributed by atoms with van der Waals surface area (Å²) < 4.78 is 0. The van der Waals surface area contributed by atoms with Crippen molar-refractivity contribution in [3.05, 3.63) is 44.8 Å². The highest BCUT2D eigenvalue weighted by Gasteiger charge is 2.35. The molecule has 1 fully saturated rings. The van der Waals surface area contributed by atoms with Gasteiger partial charge >= 0.3 is 0 Å². The minimum Gasteiger partial charge on any atom is -0.353 e. The van der Waals surface area contributed by atoms with Crippen molar-refractivity contribution in [1.29, 1.82) is 0 Å². The summed E-state index contributed by atoms with van der Waals surface area (Å²) >= 11 is 3.34. The average molecular weight is 473 g/mol. The SMILES string of the molecule is CC(C)C(C)NC(=O)C1CCN(CC(=O)N2N=C(c3cccs3)CC2c2cccs2)CC1. The molecule has 2 aliphatic rings. The Kier molecular flexibility index (Phi) is 7.43. The number of carbonyl (C=O) groups is 2. The van der Waals surface area contributed by atoms with Crippen LogP contribution in [0.5, 0.6) is 0 Å². The largest absolute Gasteiger partial charge is 0.353 e. The lowest BCUT2D eigenvalue weighted by molar-refractivity contribution is -0.134. The van der Waals surface area contributed by atoms with Crippen molar-refractivity contribution < 1.29 is 9.59 Å². The van der Waals surface area contributed by atoms with Gasteiger partial charge in [-0.05, 0) is 61.7 Å². The molecule has 2 amide bonds. The van der Waals surface area contributed by atoms with Crippen molar-refractivity contribution in [2.45, 2.75) is 52.1 Å². The predicted molar refractivity (Wildman–Crippen MR) is 131 cm³/mol. The lowest BCUT2D eigenvalue weighted by atomic mass is 9.95. The molecule has 6 nitrogen and oxygen atoms in total. The molecule has 0 spiro atoms. The predicted octanol–water partition coefficient (Wildman–Crippen LogP) is 4.36. The van der Waals surface area contributed by atoms with Crippen molar-refractivity contribution in [3.8, 4) is 0 Å². The molecule has 0 bridgehead atoms. The monoisotopic (exact) mass is 472 g/mol. The second kappa shape index (κ2) is 10.3. The first-order chi connectivity index (χ1) is 15.4. The molecule has 2 aromatic rings. The van der Waals surface area contributed by atoms with E-state index in [2.05, 4.69) is 48.5 Å². The Morgan fingerprint density at radius 3 is 2.47 bits per heavy atom. The van der Waals surface area contributed by atoms with Gasteiger partial charge in [0.05, 0.1) is 23.2 Å². The Hall–Kier alpha value is -2.03. The second-order valence-electron chi connectivity index (χ2n) is 9.09. The Morgan fingerprint density at radius 2 is 1.84 bits per heavy atom. The lowest BCUT2D eigenvalue weighted by Crippen LogP contribution is -2.46. The Morgan fingerprint density at radius 1 is 1.12 bits per heavy atom. The highest BCUT2D eigenvalue weighted by atomic mass is 32.1. The molecule has 2 aliphatic heterocycles. The minimum absolute atomic E-state index is 0.0274. The zero-order chi connectivity index (χ0) is 22.7. The fourth-order valence-corrected chi connectivity index (χ4v) is 5.69. The highest BCUT2D eigenvalue weighted by molar-refractivity contribution is 7.12. The first-order valence-electron chi connectivity index (χ1n) is 11.4. The van der Waals surface area contributed by atoms with Crippen LogP contribution in [0.2, 0.25) is 0 Å². The number of amides is 2. The number of hydrogen-bond donors (Lipinski definition) is 1. The summed E-state index contributed by atoms with van der Waals surface area (Å²) in [6.45, 7) is 8.17. The third-order valence-corrected chi connectivity index (χ3v) is 8.42. The molecule has 2 unspecified atom stereocenters. The lowest BCUT2D eigenvalue weighted by Gasteiger charge is -2.33. The van der Waals surface area contributed by atoms with Gasteiger partial charge in [-0.1, -0.05) is 26.0 Å². The van der Waals surface area contributed by atoms with Crippen molar-refractivity contribution in [2.24, 2.45) is 16.9 Å². The van der Waals surface area contributed by atoms with Gasteiger partial charge < -0.3 is 5.32 Å². The number of piperidine rings is 1. The van der Waals surface area contributed by atoms with E-state index in [1.807, 2.05) is 17.5 Å². The topological polar surface area (TPSA) is 65.0 Å². The first kappa shape index (κ1) is 23.1. The van der Waals surface area contributed by atoms with Crippen LogP contribution in [0.3, 0.4) is 0 Å². The van der Waals surface area contributed by atoms with E-state index >= 15 is 0 Å². The van der Waals surface area contributed by atoms with Gasteiger partial charge in [-0.3, -0.25) is 14.5 Å². The van der Waals surface area contributed by atoms with Crippen LogP contribution in [0.4, 0.5) is 0 Å². The molecule has 2 aromatic heterocycles. The van der Waals surface area contributed by atoms with Crippen LogP contribution in [-0.4, -0.2) is 53.1 Å². The summed E-state index contributed by atoms with van der Waals surface area (Å²) in [5.74, 6) is 0.649. The molecule has 172 valence electrons. The van der Waals surface area contributed by atoms with Crippen molar-refractivity contribution in [1.82, 2.24) is 15.2 Å². The van der Waals surface area contributed by atoms with Gasteiger partial charge in [0.2, 0.25) is 5.91 Å². The van der Waals surface area contributed by atoms with E-state index in [1.54, 1.807) is 27.7 Å². The standard InChI is InChI=1S/C24H32N4O2S2/c1-16(2)17(3)25-24(30)18-8-10-27(11-9-18)15-23(29)28-20(22-7-5-13-32-22)14-19(26-28)21-6-4-12-31-21/h4-7,12-13,16-18,20H,8-11,14-15H2,1-3H3,(H,25,30). The molecule has 1 saturated heterocycles. The summed E-state index contributed by atoms with van der Waals surface area (Å²) in [4.78, 5) is 30.3. The van der Waals surface area contributed by atoms with Gasteiger partial charge in [-0.25, -0.2) is 5.01 Å². The molecule has 32 heavy (non-hydrogen) atoms. The summed E-state index contributed by atoms with van der Waals surface area (Å²) in [5, 5.41) is 13.7. The van der Waals surface area contributed by atoms with Crippen LogP contribution in [0.1, 0.15) is 55.8 Å². The molecule has 8 heteroatoms. The maximum atomic E-state index is 13.3. The van der Waals surface area contributed by atoms with E-state index in [1.165, 1.54) is 4.88 Å². The fraction of sp³-hybridized carbons (Fsp3) is 0.542. The van der Waals surface area contributed by atoms with Gasteiger partial charge in [-0.2, -0.15) is 5.10 Å². The number of thiophene rings is 2. The smallest absolute Gasteiger partial charge is 0.257 e. The van der Waals surface area contributed by atoms with Crippen LogP contribution in [0, 0.1) is 11.8 Å². The minimum atomic E-state index is -0.0274. The number of nitrogens with zero attached hydrogens (tertiary/aromatic N) is 3. The van der Waals surface area contributed by atoms with Gasteiger partial charge in [0.25, 0.3) is 5.91 Å². The third kappa shape index (κ3) is 5.30. The van der Waals surface area contributed by atoms with Crippen LogP contribution in [0.15, 0.2) is 40.1 Å². The maximum absolute atomic E-state index is 13.3. The maximum Gasteiger partial charge on any atom is 0.257 e. The normalized spacial score (nSPS) is 21.1. The summed E-state index contributed by atoms with van der Waals surface area (Å²) in [7, 11) is 0. The van der Waals surface area contributed by atoms with Crippen LogP contribution >= 0.6 is 22.7 Å². The zero-order valence-corrected chi connectivity index (χ0v) is 20.6. The fourth-order valence-electron chi connectivity index (χ4n) is 4.16. The third-order valence-electron chi connectivity index (χ3n) is 6.53. The van der Waals surface area contributed by atoms with E-state index in [4.69, 9.17) is 5.10 Å². The Balaban J connectivity index is 1.36. The summed E-state index contributed by atoms with van der Waals surface area (Å²) in [6.07, 6.45) is 2.34. The second-order valence-corrected chi connectivity index (χ2v) is 11.0. The first-order valence-corrected chi connectivity index (χ1v) is 13.2. The van der Waals surface area contributed by atoms with E-state index < -0.39 is 0 Å². The summed E-state index contributed by atoms with van der Waals surface area (Å²) in [6, 6.07) is 8.36. The van der Waals surface area contributed by atoms with Gasteiger partial charge in [0, 0.05) is 23.3 Å². The zero-order valence-electron chi connectivity index (χ0n) is 19.0. The number of nitrogens with one attached hydrogen (secondary N) is 1. The van der Waals surface area contributed by atoms with Gasteiger partial charge in [0.1, 0.15) is 0 Å². The number of hydrazone groups is 1. The number of rotatable bonds is 7. The Bertz CT molecular complexity index is 931. The van der Waals surface area contributed by atoms with Gasteiger partial charge in [0.15, 0.2) is 0 Å². The number of hydrogen-bond acceptors (Lipinski definition) is 6. The molecule has 0 aliphatic carbocycles. The summed E-state index contributed by atoms with van der Waals surface area (Å²) in [5.41, 5.74) is 0.987. The van der Waals surface area contributed by atoms with E-state index in [-0.39, 0.29) is 29.8 Å². The van der Waals surface area contributed by atoms with E-state index in [0.717, 1.165) is 42.9 Å². The average Bonchev–Trinajstić information content (AvgIpc) is 3.55. The molecule has 0 saturated carbocycles. The molecular formula is C24H32N4O2S2.